The van der Waals surface area contributed by atoms with E-state index in [4.69, 9.17) is 0 Å². The molecule has 0 fully saturated rings. The summed E-state index contributed by atoms with van der Waals surface area (Å²) in [5, 5.41) is 0. The fourth-order valence-corrected chi connectivity index (χ4v) is 0.921. The Hall–Kier alpha value is -0.700. The Morgan fingerprint density at radius 3 is 2.64 bits per heavy atom. The zero-order valence-electron chi connectivity index (χ0n) is 7.91. The first-order valence-corrected chi connectivity index (χ1v) is 4.39. The maximum atomic E-state index is 2.96. The van der Waals surface area contributed by atoms with Crippen molar-refractivity contribution in [1.82, 2.24) is 0 Å². The van der Waals surface area contributed by atoms with Gasteiger partial charge in [0.1, 0.15) is 0 Å². The highest BCUT2D eigenvalue weighted by Gasteiger charge is 1.87. The molecule has 0 bridgehead atoms. The van der Waals surface area contributed by atoms with Gasteiger partial charge in [-0.2, -0.15) is 0 Å². The van der Waals surface area contributed by atoms with Crippen LogP contribution in [0.2, 0.25) is 0 Å². The van der Waals surface area contributed by atoms with Gasteiger partial charge in [-0.05, 0) is 32.8 Å². The third-order valence-electron chi connectivity index (χ3n) is 1.64. The Kier molecular flexibility index (Phi) is 6.94. The molecular weight excluding hydrogens is 132 g/mol. The molecule has 0 nitrogen and oxygen atoms in total. The van der Waals surface area contributed by atoms with Gasteiger partial charge in [0.25, 0.3) is 0 Å². The summed E-state index contributed by atoms with van der Waals surface area (Å²) in [6.07, 6.45) is 7.18. The second kappa shape index (κ2) is 7.41. The van der Waals surface area contributed by atoms with Gasteiger partial charge in [-0.25, -0.2) is 0 Å². The molecule has 0 rings (SSSR count). The van der Waals surface area contributed by atoms with Crippen molar-refractivity contribution >= 4 is 0 Å². The van der Waals surface area contributed by atoms with Crippen molar-refractivity contribution in [2.75, 3.05) is 0 Å². The van der Waals surface area contributed by atoms with E-state index in [-0.39, 0.29) is 0 Å². The molecule has 0 aromatic heterocycles. The molecule has 0 amide bonds. The Bertz CT molecular complexity index is 164. The van der Waals surface area contributed by atoms with E-state index in [9.17, 15) is 0 Å². The number of hydrogen-bond acceptors (Lipinski definition) is 0. The van der Waals surface area contributed by atoms with Gasteiger partial charge in [-0.15, -0.1) is 5.92 Å². The van der Waals surface area contributed by atoms with E-state index in [2.05, 4.69) is 25.7 Å². The van der Waals surface area contributed by atoms with E-state index in [1.807, 2.05) is 13.0 Å². The van der Waals surface area contributed by atoms with Crippen molar-refractivity contribution in [2.24, 2.45) is 0 Å². The fourth-order valence-electron chi connectivity index (χ4n) is 0.921. The lowest BCUT2D eigenvalue weighted by atomic mass is 10.1. The number of rotatable bonds is 4. The lowest BCUT2D eigenvalue weighted by Crippen LogP contribution is -1.77. The van der Waals surface area contributed by atoms with Crippen LogP contribution in [-0.2, 0) is 0 Å². The average molecular weight is 150 g/mol. The van der Waals surface area contributed by atoms with Crippen molar-refractivity contribution in [2.45, 2.75) is 46.5 Å². The van der Waals surface area contributed by atoms with Crippen LogP contribution in [0.1, 0.15) is 46.5 Å². The van der Waals surface area contributed by atoms with Gasteiger partial charge in [-0.1, -0.05) is 31.3 Å². The van der Waals surface area contributed by atoms with Gasteiger partial charge in [-0.3, -0.25) is 0 Å². The first kappa shape index (κ1) is 10.3. The molecule has 0 saturated heterocycles. The molecule has 62 valence electrons. The van der Waals surface area contributed by atoms with Crippen molar-refractivity contribution in [3.8, 4) is 11.8 Å². The van der Waals surface area contributed by atoms with E-state index in [1.165, 1.54) is 31.3 Å². The minimum atomic E-state index is 1.21. The molecule has 0 aliphatic heterocycles. The van der Waals surface area contributed by atoms with Crippen LogP contribution in [0.15, 0.2) is 11.6 Å². The Morgan fingerprint density at radius 1 is 1.36 bits per heavy atom. The molecule has 0 heterocycles. The summed E-state index contributed by atoms with van der Waals surface area (Å²) < 4.78 is 0. The normalized spacial score (nSPS) is 10.6. The molecule has 0 aliphatic carbocycles. The molecule has 0 spiro atoms. The second-order valence-corrected chi connectivity index (χ2v) is 2.84. The SMILES string of the molecule is CC#CC=C(C)CCCCC. The molecule has 0 saturated carbocycles. The molecule has 0 radical (unpaired) electrons. The standard InChI is InChI=1S/C11H18/c1-4-6-8-10-11(3)9-7-5-2/h9H,4,6,8,10H2,1-3H3. The Morgan fingerprint density at radius 2 is 2.09 bits per heavy atom. The third kappa shape index (κ3) is 7.19. The molecule has 0 aromatic carbocycles. The quantitative estimate of drug-likeness (QED) is 0.425. The van der Waals surface area contributed by atoms with Crippen LogP contribution in [0.3, 0.4) is 0 Å². The molecule has 11 heavy (non-hydrogen) atoms. The van der Waals surface area contributed by atoms with Crippen molar-refractivity contribution in [3.05, 3.63) is 11.6 Å². The Labute approximate surface area is 70.7 Å². The summed E-state index contributed by atoms with van der Waals surface area (Å²) in [5.74, 6) is 5.83. The fraction of sp³-hybridized carbons (Fsp3) is 0.636. The first-order chi connectivity index (χ1) is 5.31. The average Bonchev–Trinajstić information content (AvgIpc) is 2.01. The summed E-state index contributed by atoms with van der Waals surface area (Å²) in [4.78, 5) is 0. The monoisotopic (exact) mass is 150 g/mol. The highest BCUT2D eigenvalue weighted by atomic mass is 13.9. The van der Waals surface area contributed by atoms with Crippen LogP contribution in [0.5, 0.6) is 0 Å². The first-order valence-electron chi connectivity index (χ1n) is 4.39. The van der Waals surface area contributed by atoms with Crippen LogP contribution in [0.4, 0.5) is 0 Å². The van der Waals surface area contributed by atoms with Crippen molar-refractivity contribution in [1.29, 1.82) is 0 Å². The molecule has 0 aliphatic rings. The van der Waals surface area contributed by atoms with Gasteiger partial charge in [0.15, 0.2) is 0 Å². The zero-order valence-corrected chi connectivity index (χ0v) is 7.91. The van der Waals surface area contributed by atoms with E-state index in [1.54, 1.807) is 0 Å². The predicted octanol–water partition coefficient (Wildman–Crippen LogP) is 3.54. The topological polar surface area (TPSA) is 0 Å². The molecule has 0 aromatic rings. The highest BCUT2D eigenvalue weighted by molar-refractivity contribution is 5.18. The zero-order chi connectivity index (χ0) is 8.53. The smallest absolute Gasteiger partial charge is 0.00235 e. The lowest BCUT2D eigenvalue weighted by Gasteiger charge is -1.96. The summed E-state index contributed by atoms with van der Waals surface area (Å²) in [6.45, 7) is 6.25. The van der Waals surface area contributed by atoms with E-state index in [0.29, 0.717) is 0 Å². The summed E-state index contributed by atoms with van der Waals surface area (Å²) in [6, 6.07) is 0. The van der Waals surface area contributed by atoms with Gasteiger partial charge < -0.3 is 0 Å². The van der Waals surface area contributed by atoms with Crippen LogP contribution in [-0.4, -0.2) is 0 Å². The van der Waals surface area contributed by atoms with Crippen LogP contribution in [0.25, 0.3) is 0 Å². The van der Waals surface area contributed by atoms with Crippen LogP contribution in [0, 0.1) is 11.8 Å². The second-order valence-electron chi connectivity index (χ2n) is 2.84. The van der Waals surface area contributed by atoms with Crippen LogP contribution >= 0.6 is 0 Å². The molecule has 0 heteroatoms. The van der Waals surface area contributed by atoms with Gasteiger partial charge in [0, 0.05) is 0 Å². The van der Waals surface area contributed by atoms with Crippen molar-refractivity contribution in [3.63, 3.8) is 0 Å². The van der Waals surface area contributed by atoms with Gasteiger partial charge in [0.2, 0.25) is 0 Å². The number of allylic oxidation sites excluding steroid dienone is 2. The Balaban J connectivity index is 3.48. The minimum absolute atomic E-state index is 1.21. The highest BCUT2D eigenvalue weighted by Crippen LogP contribution is 2.06. The van der Waals surface area contributed by atoms with Gasteiger partial charge in [0.05, 0.1) is 0 Å². The van der Waals surface area contributed by atoms with E-state index < -0.39 is 0 Å². The van der Waals surface area contributed by atoms with E-state index >= 15 is 0 Å². The lowest BCUT2D eigenvalue weighted by molar-refractivity contribution is 0.713. The molecule has 0 atom stereocenters. The van der Waals surface area contributed by atoms with Crippen molar-refractivity contribution < 1.29 is 0 Å². The minimum Gasteiger partial charge on any atom is -0.102 e. The maximum Gasteiger partial charge on any atom is -0.00235 e. The predicted molar refractivity (Wildman–Crippen MR) is 51.3 cm³/mol. The summed E-state index contributed by atoms with van der Waals surface area (Å²) in [5.41, 5.74) is 1.41. The molecule has 0 N–H and O–H groups in total. The molecule has 0 unspecified atom stereocenters. The molecular formula is C11H18. The summed E-state index contributed by atoms with van der Waals surface area (Å²) >= 11 is 0. The number of unbranched alkanes of at least 4 members (excludes halogenated alkanes) is 2. The van der Waals surface area contributed by atoms with Crippen LogP contribution < -0.4 is 0 Å². The summed E-state index contributed by atoms with van der Waals surface area (Å²) in [7, 11) is 0. The third-order valence-corrected chi connectivity index (χ3v) is 1.64. The van der Waals surface area contributed by atoms with E-state index in [0.717, 1.165) is 0 Å². The number of hydrogen-bond donors (Lipinski definition) is 0. The van der Waals surface area contributed by atoms with Gasteiger partial charge >= 0.3 is 0 Å². The maximum absolute atomic E-state index is 2.96. The largest absolute Gasteiger partial charge is 0.102 e.